The molecule has 0 amide bonds. The molecule has 0 saturated heterocycles. The molecule has 0 aliphatic heterocycles. The van der Waals surface area contributed by atoms with E-state index in [2.05, 4.69) is 6.26 Å². The molecule has 0 heterocycles. The quantitative estimate of drug-likeness (QED) is 0.736. The molecule has 1 aromatic rings. The van der Waals surface area contributed by atoms with Crippen LogP contribution in [0.25, 0.3) is 0 Å². The fourth-order valence-corrected chi connectivity index (χ4v) is 3.14. The Morgan fingerprint density at radius 1 is 1.29 bits per heavy atom. The number of rotatable bonds is 8. The largest absolute Gasteiger partial charge is 0.480 e. The number of hydrogen-bond donors (Lipinski definition) is 1. The summed E-state index contributed by atoms with van der Waals surface area (Å²) >= 11 is 3.36. The second-order valence-electron chi connectivity index (χ2n) is 3.73. The molecule has 1 unspecified atom stereocenters. The van der Waals surface area contributed by atoms with Gasteiger partial charge in [0.1, 0.15) is 5.25 Å². The van der Waals surface area contributed by atoms with E-state index in [0.29, 0.717) is 6.42 Å². The van der Waals surface area contributed by atoms with Crippen LogP contribution < -0.4 is 0 Å². The van der Waals surface area contributed by atoms with Crippen LogP contribution in [0.2, 0.25) is 0 Å². The first-order valence-corrected chi connectivity index (χ1v) is 8.05. The molecule has 2 nitrogen and oxygen atoms in total. The van der Waals surface area contributed by atoms with E-state index in [1.165, 1.54) is 0 Å². The summed E-state index contributed by atoms with van der Waals surface area (Å²) in [6.07, 6.45) is 3.76. The van der Waals surface area contributed by atoms with E-state index in [-0.39, 0.29) is 5.25 Å². The molecule has 0 aromatic heterocycles. The van der Waals surface area contributed by atoms with Crippen LogP contribution in [0.5, 0.6) is 0 Å². The van der Waals surface area contributed by atoms with E-state index in [1.54, 1.807) is 23.5 Å². The zero-order chi connectivity index (χ0) is 12.5. The van der Waals surface area contributed by atoms with Gasteiger partial charge in [0.2, 0.25) is 0 Å². The minimum atomic E-state index is -0.706. The molecule has 0 aliphatic carbocycles. The van der Waals surface area contributed by atoms with Crippen molar-refractivity contribution in [2.24, 2.45) is 0 Å². The van der Waals surface area contributed by atoms with Crippen molar-refractivity contribution in [2.75, 3.05) is 17.8 Å². The van der Waals surface area contributed by atoms with Gasteiger partial charge in [-0.25, -0.2) is 0 Å². The first kappa shape index (κ1) is 14.5. The molecule has 0 radical (unpaired) electrons. The number of aliphatic carboxylic acids is 1. The highest BCUT2D eigenvalue weighted by Crippen LogP contribution is 2.18. The van der Waals surface area contributed by atoms with E-state index in [1.807, 2.05) is 30.3 Å². The molecule has 0 fully saturated rings. The Hall–Kier alpha value is -0.610. The molecule has 94 valence electrons. The minimum absolute atomic E-state index is 0.320. The summed E-state index contributed by atoms with van der Waals surface area (Å²) in [4.78, 5) is 11.1. The van der Waals surface area contributed by atoms with Crippen molar-refractivity contribution in [1.29, 1.82) is 0 Å². The topological polar surface area (TPSA) is 37.3 Å². The van der Waals surface area contributed by atoms with Crippen molar-refractivity contribution in [3.05, 3.63) is 35.9 Å². The van der Waals surface area contributed by atoms with Crippen LogP contribution in [0, 0.1) is 0 Å². The van der Waals surface area contributed by atoms with Crippen LogP contribution in [-0.2, 0) is 11.2 Å². The van der Waals surface area contributed by atoms with Gasteiger partial charge in [-0.2, -0.15) is 11.8 Å². The van der Waals surface area contributed by atoms with Crippen molar-refractivity contribution in [1.82, 2.24) is 0 Å². The van der Waals surface area contributed by atoms with Crippen LogP contribution >= 0.6 is 23.5 Å². The Balaban J connectivity index is 2.41. The molecule has 0 bridgehead atoms. The fourth-order valence-electron chi connectivity index (χ4n) is 1.47. The van der Waals surface area contributed by atoms with Crippen LogP contribution in [0.1, 0.15) is 12.0 Å². The zero-order valence-electron chi connectivity index (χ0n) is 9.96. The summed E-state index contributed by atoms with van der Waals surface area (Å²) in [7, 11) is 0. The lowest BCUT2D eigenvalue weighted by Gasteiger charge is -2.11. The first-order chi connectivity index (χ1) is 8.24. The Morgan fingerprint density at radius 3 is 2.59 bits per heavy atom. The molecule has 0 spiro atoms. The van der Waals surface area contributed by atoms with E-state index in [0.717, 1.165) is 23.5 Å². The third-order valence-corrected chi connectivity index (χ3v) is 4.34. The SMILES string of the molecule is CSCCCSC(Cc1ccccc1)C(=O)O. The summed E-state index contributed by atoms with van der Waals surface area (Å²) in [6, 6.07) is 9.82. The number of carboxylic acid groups (broad SMARTS) is 1. The van der Waals surface area contributed by atoms with Crippen LogP contribution in [-0.4, -0.2) is 34.1 Å². The number of benzene rings is 1. The molecule has 1 aromatic carbocycles. The third-order valence-electron chi connectivity index (χ3n) is 2.35. The van der Waals surface area contributed by atoms with Gasteiger partial charge in [0.25, 0.3) is 0 Å². The number of carbonyl (C=O) groups is 1. The Labute approximate surface area is 111 Å². The molecular weight excluding hydrogens is 252 g/mol. The van der Waals surface area contributed by atoms with E-state index >= 15 is 0 Å². The highest BCUT2D eigenvalue weighted by Gasteiger charge is 2.17. The van der Waals surface area contributed by atoms with Crippen LogP contribution in [0.4, 0.5) is 0 Å². The van der Waals surface area contributed by atoms with Crippen molar-refractivity contribution < 1.29 is 9.90 Å². The van der Waals surface area contributed by atoms with Gasteiger partial charge in [0, 0.05) is 0 Å². The summed E-state index contributed by atoms with van der Waals surface area (Å²) in [5.41, 5.74) is 1.09. The predicted molar refractivity (Wildman–Crippen MR) is 77.0 cm³/mol. The summed E-state index contributed by atoms with van der Waals surface area (Å²) in [6.45, 7) is 0. The monoisotopic (exact) mass is 270 g/mol. The predicted octanol–water partition coefficient (Wildman–Crippen LogP) is 3.17. The fraction of sp³-hybridized carbons (Fsp3) is 0.462. The van der Waals surface area contributed by atoms with Gasteiger partial charge in [-0.15, -0.1) is 11.8 Å². The minimum Gasteiger partial charge on any atom is -0.480 e. The number of carboxylic acids is 1. The first-order valence-electron chi connectivity index (χ1n) is 5.61. The zero-order valence-corrected chi connectivity index (χ0v) is 11.6. The van der Waals surface area contributed by atoms with Gasteiger partial charge in [0.05, 0.1) is 0 Å². The van der Waals surface area contributed by atoms with Gasteiger partial charge in [-0.3, -0.25) is 4.79 Å². The number of hydrogen-bond acceptors (Lipinski definition) is 3. The van der Waals surface area contributed by atoms with E-state index < -0.39 is 5.97 Å². The summed E-state index contributed by atoms with van der Waals surface area (Å²) in [5, 5.41) is 8.84. The molecule has 4 heteroatoms. The third kappa shape index (κ3) is 6.03. The molecule has 1 N–H and O–H groups in total. The maximum Gasteiger partial charge on any atom is 0.316 e. The Bertz CT molecular complexity index is 327. The lowest BCUT2D eigenvalue weighted by Crippen LogP contribution is -2.19. The maximum atomic E-state index is 11.1. The van der Waals surface area contributed by atoms with Crippen molar-refractivity contribution in [3.8, 4) is 0 Å². The van der Waals surface area contributed by atoms with Crippen LogP contribution in [0.15, 0.2) is 30.3 Å². The van der Waals surface area contributed by atoms with Gasteiger partial charge < -0.3 is 5.11 Å². The molecule has 1 rings (SSSR count). The molecule has 1 atom stereocenters. The van der Waals surface area contributed by atoms with Crippen molar-refractivity contribution in [3.63, 3.8) is 0 Å². The molecule has 17 heavy (non-hydrogen) atoms. The Kier molecular flexibility index (Phi) is 7.21. The standard InChI is InChI=1S/C13H18O2S2/c1-16-8-5-9-17-12(13(14)15)10-11-6-3-2-4-7-11/h2-4,6-7,12H,5,8-10H2,1H3,(H,14,15). The lowest BCUT2D eigenvalue weighted by atomic mass is 10.1. The van der Waals surface area contributed by atoms with E-state index in [4.69, 9.17) is 5.11 Å². The lowest BCUT2D eigenvalue weighted by molar-refractivity contribution is -0.136. The molecular formula is C13H18O2S2. The maximum absolute atomic E-state index is 11.1. The normalized spacial score (nSPS) is 12.3. The van der Waals surface area contributed by atoms with Gasteiger partial charge in [-0.05, 0) is 36.2 Å². The second kappa shape index (κ2) is 8.48. The summed E-state index contributed by atoms with van der Waals surface area (Å²) < 4.78 is 0. The summed E-state index contributed by atoms with van der Waals surface area (Å²) in [5.74, 6) is 1.32. The van der Waals surface area contributed by atoms with Gasteiger partial charge >= 0.3 is 5.97 Å². The van der Waals surface area contributed by atoms with Crippen molar-refractivity contribution in [2.45, 2.75) is 18.1 Å². The van der Waals surface area contributed by atoms with E-state index in [9.17, 15) is 4.79 Å². The highest BCUT2D eigenvalue weighted by molar-refractivity contribution is 8.00. The smallest absolute Gasteiger partial charge is 0.316 e. The molecule has 0 saturated carbocycles. The van der Waals surface area contributed by atoms with Crippen LogP contribution in [0.3, 0.4) is 0 Å². The van der Waals surface area contributed by atoms with Gasteiger partial charge in [-0.1, -0.05) is 30.3 Å². The average molecular weight is 270 g/mol. The second-order valence-corrected chi connectivity index (χ2v) is 6.03. The van der Waals surface area contributed by atoms with Gasteiger partial charge in [0.15, 0.2) is 0 Å². The van der Waals surface area contributed by atoms with Crippen molar-refractivity contribution >= 4 is 29.5 Å². The number of thioether (sulfide) groups is 2. The Morgan fingerprint density at radius 2 is 2.00 bits per heavy atom. The average Bonchev–Trinajstić information content (AvgIpc) is 2.34. The highest BCUT2D eigenvalue weighted by atomic mass is 32.2. The molecule has 0 aliphatic rings.